The number of amides is 2. The number of anilines is 1. The minimum atomic E-state index is -0.0378. The van der Waals surface area contributed by atoms with Crippen molar-refractivity contribution >= 4 is 27.6 Å². The molecule has 2 aromatic rings. The molecular formula is C17H19BrN4O. The third-order valence-corrected chi connectivity index (χ3v) is 4.36. The first-order valence-electron chi connectivity index (χ1n) is 7.63. The van der Waals surface area contributed by atoms with Crippen molar-refractivity contribution in [2.24, 2.45) is 0 Å². The lowest BCUT2D eigenvalue weighted by atomic mass is 10.2. The molecule has 0 atom stereocenters. The normalized spacial score (nSPS) is 15.4. The summed E-state index contributed by atoms with van der Waals surface area (Å²) in [6, 6.07) is 11.6. The minimum Gasteiger partial charge on any atom is -0.322 e. The molecule has 5 nitrogen and oxygen atoms in total. The van der Waals surface area contributed by atoms with Crippen molar-refractivity contribution in [2.45, 2.75) is 6.54 Å². The summed E-state index contributed by atoms with van der Waals surface area (Å²) in [5.41, 5.74) is 2.02. The van der Waals surface area contributed by atoms with E-state index in [9.17, 15) is 4.79 Å². The number of nitrogens with one attached hydrogen (secondary N) is 1. The Balaban J connectivity index is 1.49. The molecule has 2 amide bonds. The summed E-state index contributed by atoms with van der Waals surface area (Å²) in [6.45, 7) is 4.11. The van der Waals surface area contributed by atoms with Crippen LogP contribution in [0.25, 0.3) is 0 Å². The van der Waals surface area contributed by atoms with Crippen LogP contribution in [0.15, 0.2) is 53.3 Å². The third-order valence-electron chi connectivity index (χ3n) is 3.86. The van der Waals surface area contributed by atoms with Gasteiger partial charge in [0.2, 0.25) is 0 Å². The van der Waals surface area contributed by atoms with Gasteiger partial charge in [0, 0.05) is 55.3 Å². The zero-order valence-electron chi connectivity index (χ0n) is 12.8. The van der Waals surface area contributed by atoms with Crippen LogP contribution in [0, 0.1) is 0 Å². The van der Waals surface area contributed by atoms with Crippen LogP contribution in [-0.4, -0.2) is 47.0 Å². The van der Waals surface area contributed by atoms with E-state index in [4.69, 9.17) is 0 Å². The molecule has 1 aliphatic rings. The number of piperazine rings is 1. The maximum absolute atomic E-state index is 12.3. The Labute approximate surface area is 144 Å². The van der Waals surface area contributed by atoms with Crippen LogP contribution < -0.4 is 5.32 Å². The maximum Gasteiger partial charge on any atom is 0.321 e. The van der Waals surface area contributed by atoms with E-state index >= 15 is 0 Å². The molecule has 0 radical (unpaired) electrons. The number of carbonyl (C=O) groups is 1. The average Bonchev–Trinajstić information content (AvgIpc) is 2.56. The fraction of sp³-hybridized carbons (Fsp3) is 0.294. The second-order valence-electron chi connectivity index (χ2n) is 5.56. The fourth-order valence-electron chi connectivity index (χ4n) is 2.63. The molecule has 2 heterocycles. The van der Waals surface area contributed by atoms with E-state index in [2.05, 4.69) is 37.2 Å². The van der Waals surface area contributed by atoms with Gasteiger partial charge in [-0.1, -0.05) is 28.1 Å². The molecule has 1 aliphatic heterocycles. The van der Waals surface area contributed by atoms with Crippen LogP contribution in [-0.2, 0) is 6.54 Å². The predicted octanol–water partition coefficient (Wildman–Crippen LogP) is 3.19. The van der Waals surface area contributed by atoms with Crippen LogP contribution in [0.3, 0.4) is 0 Å². The van der Waals surface area contributed by atoms with Gasteiger partial charge < -0.3 is 10.2 Å². The van der Waals surface area contributed by atoms with E-state index in [1.54, 1.807) is 6.20 Å². The van der Waals surface area contributed by atoms with Crippen molar-refractivity contribution in [3.05, 3.63) is 58.8 Å². The van der Waals surface area contributed by atoms with Crippen LogP contribution in [0.1, 0.15) is 5.56 Å². The molecular weight excluding hydrogens is 356 g/mol. The molecule has 0 bridgehead atoms. The molecule has 1 N–H and O–H groups in total. The Morgan fingerprint density at radius 1 is 1.17 bits per heavy atom. The number of nitrogens with zero attached hydrogens (tertiary/aromatic N) is 3. The summed E-state index contributed by atoms with van der Waals surface area (Å²) in [4.78, 5) is 20.7. The molecule has 0 saturated carbocycles. The van der Waals surface area contributed by atoms with Gasteiger partial charge >= 0.3 is 6.03 Å². The summed E-state index contributed by atoms with van der Waals surface area (Å²) in [5.74, 6) is 0. The number of benzene rings is 1. The molecule has 1 fully saturated rings. The molecule has 120 valence electrons. The van der Waals surface area contributed by atoms with Crippen molar-refractivity contribution in [3.8, 4) is 0 Å². The SMILES string of the molecule is O=C(Nc1cccc(Br)c1)N1CCN(Cc2cccnc2)CC1. The van der Waals surface area contributed by atoms with Crippen molar-refractivity contribution in [3.63, 3.8) is 0 Å². The van der Waals surface area contributed by atoms with Crippen molar-refractivity contribution in [1.82, 2.24) is 14.8 Å². The van der Waals surface area contributed by atoms with E-state index in [1.165, 1.54) is 5.56 Å². The van der Waals surface area contributed by atoms with Crippen molar-refractivity contribution in [2.75, 3.05) is 31.5 Å². The number of hydrogen-bond donors (Lipinski definition) is 1. The first-order valence-corrected chi connectivity index (χ1v) is 8.43. The van der Waals surface area contributed by atoms with Gasteiger partial charge in [-0.25, -0.2) is 4.79 Å². The van der Waals surface area contributed by atoms with E-state index in [0.717, 1.165) is 42.9 Å². The summed E-state index contributed by atoms with van der Waals surface area (Å²) in [7, 11) is 0. The van der Waals surface area contributed by atoms with Crippen LogP contribution in [0.2, 0.25) is 0 Å². The van der Waals surface area contributed by atoms with E-state index in [1.807, 2.05) is 41.4 Å². The molecule has 0 unspecified atom stereocenters. The highest BCUT2D eigenvalue weighted by molar-refractivity contribution is 9.10. The maximum atomic E-state index is 12.3. The standard InChI is InChI=1S/C17H19BrN4O/c18-15-4-1-5-16(11-15)20-17(23)22-9-7-21(8-10-22)13-14-3-2-6-19-12-14/h1-6,11-12H,7-10,13H2,(H,20,23). The highest BCUT2D eigenvalue weighted by atomic mass is 79.9. The van der Waals surface area contributed by atoms with Crippen molar-refractivity contribution < 1.29 is 4.79 Å². The Hall–Kier alpha value is -1.92. The Morgan fingerprint density at radius 3 is 2.70 bits per heavy atom. The molecule has 1 aromatic heterocycles. The monoisotopic (exact) mass is 374 g/mol. The van der Waals surface area contributed by atoms with Gasteiger partial charge in [0.15, 0.2) is 0 Å². The smallest absolute Gasteiger partial charge is 0.321 e. The lowest BCUT2D eigenvalue weighted by molar-refractivity contribution is 0.143. The number of aromatic nitrogens is 1. The summed E-state index contributed by atoms with van der Waals surface area (Å²) in [6.07, 6.45) is 3.68. The number of carbonyl (C=O) groups excluding carboxylic acids is 1. The zero-order chi connectivity index (χ0) is 16.1. The topological polar surface area (TPSA) is 48.5 Å². The van der Waals surface area contributed by atoms with E-state index < -0.39 is 0 Å². The van der Waals surface area contributed by atoms with Crippen LogP contribution >= 0.6 is 15.9 Å². The largest absolute Gasteiger partial charge is 0.322 e. The molecule has 0 aliphatic carbocycles. The molecule has 1 saturated heterocycles. The minimum absolute atomic E-state index is 0.0378. The van der Waals surface area contributed by atoms with Crippen molar-refractivity contribution in [1.29, 1.82) is 0 Å². The Kier molecular flexibility index (Phi) is 5.25. The van der Waals surface area contributed by atoms with E-state index in [0.29, 0.717) is 0 Å². The second-order valence-corrected chi connectivity index (χ2v) is 6.48. The average molecular weight is 375 g/mol. The predicted molar refractivity (Wildman–Crippen MR) is 94.2 cm³/mol. The highest BCUT2D eigenvalue weighted by Crippen LogP contribution is 2.16. The molecule has 6 heteroatoms. The molecule has 1 aromatic carbocycles. The number of pyridine rings is 1. The second kappa shape index (κ2) is 7.57. The summed E-state index contributed by atoms with van der Waals surface area (Å²) >= 11 is 3.41. The van der Waals surface area contributed by atoms with E-state index in [-0.39, 0.29) is 6.03 Å². The molecule has 3 rings (SSSR count). The quantitative estimate of drug-likeness (QED) is 0.897. The van der Waals surface area contributed by atoms with Gasteiger partial charge in [-0.3, -0.25) is 9.88 Å². The van der Waals surface area contributed by atoms with Gasteiger partial charge in [-0.15, -0.1) is 0 Å². The van der Waals surface area contributed by atoms with Gasteiger partial charge in [0.25, 0.3) is 0 Å². The molecule has 23 heavy (non-hydrogen) atoms. The summed E-state index contributed by atoms with van der Waals surface area (Å²) < 4.78 is 0.955. The number of hydrogen-bond acceptors (Lipinski definition) is 3. The third kappa shape index (κ3) is 4.53. The number of urea groups is 1. The fourth-order valence-corrected chi connectivity index (χ4v) is 3.03. The lowest BCUT2D eigenvalue weighted by Crippen LogP contribution is -2.49. The highest BCUT2D eigenvalue weighted by Gasteiger charge is 2.21. The van der Waals surface area contributed by atoms with Gasteiger partial charge in [-0.2, -0.15) is 0 Å². The number of rotatable bonds is 3. The zero-order valence-corrected chi connectivity index (χ0v) is 14.4. The van der Waals surface area contributed by atoms with Gasteiger partial charge in [-0.05, 0) is 29.8 Å². The molecule has 0 spiro atoms. The lowest BCUT2D eigenvalue weighted by Gasteiger charge is -2.34. The van der Waals surface area contributed by atoms with Crippen LogP contribution in [0.4, 0.5) is 10.5 Å². The first-order chi connectivity index (χ1) is 11.2. The van der Waals surface area contributed by atoms with Crippen LogP contribution in [0.5, 0.6) is 0 Å². The Morgan fingerprint density at radius 2 is 2.00 bits per heavy atom. The number of halogens is 1. The summed E-state index contributed by atoms with van der Waals surface area (Å²) in [5, 5.41) is 2.95. The Bertz CT molecular complexity index is 657. The first kappa shape index (κ1) is 16.0. The van der Waals surface area contributed by atoms with Gasteiger partial charge in [0.05, 0.1) is 0 Å². The van der Waals surface area contributed by atoms with Gasteiger partial charge in [0.1, 0.15) is 0 Å².